The number of methoxy groups -OCH3 is 2. The van der Waals surface area contributed by atoms with Crippen LogP contribution in [0.1, 0.15) is 28.9 Å². The molecule has 0 bridgehead atoms. The van der Waals surface area contributed by atoms with E-state index in [1.807, 2.05) is 37.3 Å². The number of hydrogen-bond donors (Lipinski definition) is 2. The van der Waals surface area contributed by atoms with Crippen LogP contribution in [0.4, 0.5) is 23.1 Å². The van der Waals surface area contributed by atoms with E-state index < -0.39 is 0 Å². The van der Waals surface area contributed by atoms with Gasteiger partial charge in [-0.1, -0.05) is 6.07 Å². The van der Waals surface area contributed by atoms with Gasteiger partial charge in [-0.05, 0) is 56.2 Å². The highest BCUT2D eigenvalue weighted by Gasteiger charge is 2.17. The maximum Gasteiger partial charge on any atom is 0.259 e. The van der Waals surface area contributed by atoms with Gasteiger partial charge < -0.3 is 25.0 Å². The van der Waals surface area contributed by atoms with E-state index in [1.54, 1.807) is 18.2 Å². The number of para-hydroxylation sites is 1. The molecular weight excluding hydrogens is 406 g/mol. The van der Waals surface area contributed by atoms with Crippen molar-refractivity contribution in [1.82, 2.24) is 9.97 Å². The monoisotopic (exact) mass is 433 g/mol. The summed E-state index contributed by atoms with van der Waals surface area (Å²) in [6.07, 6.45) is 2.39. The molecule has 4 rings (SSSR count). The quantitative estimate of drug-likeness (QED) is 0.571. The van der Waals surface area contributed by atoms with E-state index in [1.165, 1.54) is 27.1 Å². The van der Waals surface area contributed by atoms with E-state index in [4.69, 9.17) is 9.47 Å². The second-order valence-corrected chi connectivity index (χ2v) is 7.58. The summed E-state index contributed by atoms with van der Waals surface area (Å²) < 4.78 is 10.6. The molecule has 0 atom stereocenters. The standard InChI is InChI=1S/C24H27N5O3/c1-16-15-21(29-13-4-5-14-29)28-24(25-16)27-18-11-9-17(10-12-18)26-23(30)19-7-6-8-20(31-2)22(19)32-3/h6-12,15H,4-5,13-14H2,1-3H3,(H,26,30)(H,25,27,28). The molecule has 0 unspecified atom stereocenters. The average Bonchev–Trinajstić information content (AvgIpc) is 3.34. The number of carbonyl (C=O) groups is 1. The maximum atomic E-state index is 12.8. The fourth-order valence-electron chi connectivity index (χ4n) is 3.75. The average molecular weight is 434 g/mol. The highest BCUT2D eigenvalue weighted by atomic mass is 16.5. The van der Waals surface area contributed by atoms with Crippen LogP contribution >= 0.6 is 0 Å². The Labute approximate surface area is 187 Å². The van der Waals surface area contributed by atoms with Crippen LogP contribution in [0.5, 0.6) is 11.5 Å². The molecule has 0 aliphatic carbocycles. The van der Waals surface area contributed by atoms with Crippen LogP contribution in [-0.2, 0) is 0 Å². The van der Waals surface area contributed by atoms with Crippen molar-refractivity contribution in [3.8, 4) is 11.5 Å². The second kappa shape index (κ2) is 9.55. The summed E-state index contributed by atoms with van der Waals surface area (Å²) in [5.41, 5.74) is 2.81. The Balaban J connectivity index is 1.46. The number of amides is 1. The minimum absolute atomic E-state index is 0.279. The van der Waals surface area contributed by atoms with E-state index in [0.29, 0.717) is 28.7 Å². The fraction of sp³-hybridized carbons (Fsp3) is 0.292. The molecule has 8 nitrogen and oxygen atoms in total. The van der Waals surface area contributed by atoms with E-state index >= 15 is 0 Å². The molecule has 2 aromatic carbocycles. The van der Waals surface area contributed by atoms with E-state index in [0.717, 1.165) is 30.3 Å². The maximum absolute atomic E-state index is 12.8. The molecule has 1 fully saturated rings. The Kier molecular flexibility index (Phi) is 6.39. The van der Waals surface area contributed by atoms with Gasteiger partial charge in [0.2, 0.25) is 5.95 Å². The number of aryl methyl sites for hydroxylation is 1. The predicted octanol–water partition coefficient (Wildman–Crippen LogP) is 4.40. The largest absolute Gasteiger partial charge is 0.493 e. The summed E-state index contributed by atoms with van der Waals surface area (Å²) >= 11 is 0. The number of ether oxygens (including phenoxy) is 2. The molecule has 0 spiro atoms. The van der Waals surface area contributed by atoms with Crippen molar-refractivity contribution >= 4 is 29.0 Å². The number of nitrogens with one attached hydrogen (secondary N) is 2. The lowest BCUT2D eigenvalue weighted by molar-refractivity contribution is 0.102. The van der Waals surface area contributed by atoms with Gasteiger partial charge in [0.05, 0.1) is 19.8 Å². The van der Waals surface area contributed by atoms with Gasteiger partial charge in [0.1, 0.15) is 5.82 Å². The summed E-state index contributed by atoms with van der Waals surface area (Å²) in [4.78, 5) is 24.2. The van der Waals surface area contributed by atoms with Gasteiger partial charge in [-0.15, -0.1) is 0 Å². The van der Waals surface area contributed by atoms with Crippen molar-refractivity contribution in [1.29, 1.82) is 0 Å². The highest BCUT2D eigenvalue weighted by Crippen LogP contribution is 2.31. The molecule has 0 radical (unpaired) electrons. The first-order valence-corrected chi connectivity index (χ1v) is 10.6. The topological polar surface area (TPSA) is 88.6 Å². The van der Waals surface area contributed by atoms with Crippen molar-refractivity contribution in [2.24, 2.45) is 0 Å². The normalized spacial score (nSPS) is 13.0. The van der Waals surface area contributed by atoms with E-state index in [2.05, 4.69) is 25.5 Å². The molecule has 166 valence electrons. The molecule has 2 N–H and O–H groups in total. The Hall–Kier alpha value is -3.81. The van der Waals surface area contributed by atoms with Gasteiger partial charge in [-0.25, -0.2) is 4.98 Å². The van der Waals surface area contributed by atoms with Gasteiger partial charge in [-0.2, -0.15) is 4.98 Å². The molecule has 1 aliphatic heterocycles. The van der Waals surface area contributed by atoms with Crippen LogP contribution in [0, 0.1) is 6.92 Å². The van der Waals surface area contributed by atoms with E-state index in [-0.39, 0.29) is 5.91 Å². The minimum atomic E-state index is -0.279. The number of benzene rings is 2. The molecule has 3 aromatic rings. The van der Waals surface area contributed by atoms with Crippen molar-refractivity contribution in [3.63, 3.8) is 0 Å². The number of rotatable bonds is 7. The third-order valence-electron chi connectivity index (χ3n) is 5.32. The zero-order chi connectivity index (χ0) is 22.5. The number of nitrogens with zero attached hydrogens (tertiary/aromatic N) is 3. The molecule has 1 aromatic heterocycles. The van der Waals surface area contributed by atoms with Crippen molar-refractivity contribution in [2.75, 3.05) is 42.8 Å². The first-order valence-electron chi connectivity index (χ1n) is 10.6. The van der Waals surface area contributed by atoms with Crippen molar-refractivity contribution in [3.05, 3.63) is 59.8 Å². The van der Waals surface area contributed by atoms with Crippen LogP contribution in [0.15, 0.2) is 48.5 Å². The van der Waals surface area contributed by atoms with Crippen LogP contribution in [0.2, 0.25) is 0 Å². The number of hydrogen-bond acceptors (Lipinski definition) is 7. The molecular formula is C24H27N5O3. The summed E-state index contributed by atoms with van der Waals surface area (Å²) in [5.74, 6) is 2.14. The van der Waals surface area contributed by atoms with Gasteiger partial charge >= 0.3 is 0 Å². The van der Waals surface area contributed by atoms with Gasteiger partial charge in [0.15, 0.2) is 11.5 Å². The first-order chi connectivity index (χ1) is 15.6. The predicted molar refractivity (Wildman–Crippen MR) is 125 cm³/mol. The fourth-order valence-corrected chi connectivity index (χ4v) is 3.75. The lowest BCUT2D eigenvalue weighted by Gasteiger charge is -2.17. The third kappa shape index (κ3) is 4.74. The van der Waals surface area contributed by atoms with Crippen LogP contribution < -0.4 is 25.0 Å². The molecule has 2 heterocycles. The first kappa shape index (κ1) is 21.4. The van der Waals surface area contributed by atoms with Gasteiger partial charge in [0, 0.05) is 36.2 Å². The van der Waals surface area contributed by atoms with Crippen LogP contribution in [-0.4, -0.2) is 43.2 Å². The highest BCUT2D eigenvalue weighted by molar-refractivity contribution is 6.06. The minimum Gasteiger partial charge on any atom is -0.493 e. The SMILES string of the molecule is COc1cccc(C(=O)Nc2ccc(Nc3nc(C)cc(N4CCCC4)n3)cc2)c1OC. The van der Waals surface area contributed by atoms with E-state index in [9.17, 15) is 4.79 Å². The smallest absolute Gasteiger partial charge is 0.259 e. The lowest BCUT2D eigenvalue weighted by Crippen LogP contribution is -2.19. The number of aromatic nitrogens is 2. The molecule has 1 aliphatic rings. The summed E-state index contributed by atoms with van der Waals surface area (Å²) in [6, 6.07) is 14.6. The van der Waals surface area contributed by atoms with Crippen LogP contribution in [0.3, 0.4) is 0 Å². The number of anilines is 4. The summed E-state index contributed by atoms with van der Waals surface area (Å²) in [5, 5.41) is 6.15. The van der Waals surface area contributed by atoms with Gasteiger partial charge in [0.25, 0.3) is 5.91 Å². The van der Waals surface area contributed by atoms with Crippen molar-refractivity contribution < 1.29 is 14.3 Å². The Morgan fingerprint density at radius 1 is 0.969 bits per heavy atom. The zero-order valence-electron chi connectivity index (χ0n) is 18.5. The molecule has 32 heavy (non-hydrogen) atoms. The second-order valence-electron chi connectivity index (χ2n) is 7.58. The summed E-state index contributed by atoms with van der Waals surface area (Å²) in [7, 11) is 3.05. The Morgan fingerprint density at radius 2 is 1.69 bits per heavy atom. The Bertz CT molecular complexity index is 1100. The molecule has 1 saturated heterocycles. The number of carbonyl (C=O) groups excluding carboxylic acids is 1. The lowest BCUT2D eigenvalue weighted by atomic mass is 10.1. The molecule has 8 heteroatoms. The molecule has 1 amide bonds. The van der Waals surface area contributed by atoms with Gasteiger partial charge in [-0.3, -0.25) is 4.79 Å². The third-order valence-corrected chi connectivity index (χ3v) is 5.32. The Morgan fingerprint density at radius 3 is 2.38 bits per heavy atom. The van der Waals surface area contributed by atoms with Crippen molar-refractivity contribution in [2.45, 2.75) is 19.8 Å². The summed E-state index contributed by atoms with van der Waals surface area (Å²) in [6.45, 7) is 4.03. The molecule has 0 saturated carbocycles. The zero-order valence-corrected chi connectivity index (χ0v) is 18.5. The van der Waals surface area contributed by atoms with Crippen LogP contribution in [0.25, 0.3) is 0 Å².